The largest absolute Gasteiger partial charge is 0.503 e. The van der Waals surface area contributed by atoms with E-state index in [9.17, 15) is 14.7 Å². The molecule has 33 heavy (non-hydrogen) atoms. The number of fused-ring (bicyclic) bond motifs is 1. The van der Waals surface area contributed by atoms with Crippen LogP contribution in [0.15, 0.2) is 70.6 Å². The van der Waals surface area contributed by atoms with Crippen LogP contribution in [0.4, 0.5) is 0 Å². The molecule has 1 fully saturated rings. The Bertz CT molecular complexity index is 1160. The number of ether oxygens (including phenoxy) is 1. The van der Waals surface area contributed by atoms with Gasteiger partial charge in [0.05, 0.1) is 24.8 Å². The fourth-order valence-electron chi connectivity index (χ4n) is 4.52. The first-order valence-electron chi connectivity index (χ1n) is 11.1. The highest BCUT2D eigenvalue weighted by Gasteiger charge is 2.44. The van der Waals surface area contributed by atoms with Crippen molar-refractivity contribution < 1.29 is 23.8 Å². The zero-order valence-electron chi connectivity index (χ0n) is 18.1. The first-order valence-corrected chi connectivity index (χ1v) is 11.1. The van der Waals surface area contributed by atoms with Crippen molar-refractivity contribution in [2.75, 3.05) is 39.4 Å². The molecular formula is C25H25N3O5. The molecule has 1 saturated heterocycles. The minimum atomic E-state index is -0.725. The Morgan fingerprint density at radius 2 is 1.94 bits per heavy atom. The van der Waals surface area contributed by atoms with Crippen LogP contribution in [0.1, 0.15) is 28.6 Å². The minimum absolute atomic E-state index is 0.0263. The van der Waals surface area contributed by atoms with Crippen molar-refractivity contribution in [1.29, 1.82) is 0 Å². The average Bonchev–Trinajstić information content (AvgIpc) is 3.40. The third-order valence-corrected chi connectivity index (χ3v) is 6.17. The van der Waals surface area contributed by atoms with Crippen molar-refractivity contribution in [2.24, 2.45) is 0 Å². The van der Waals surface area contributed by atoms with Crippen molar-refractivity contribution >= 4 is 22.7 Å². The number of hydrogen-bond donors (Lipinski definition) is 1. The fourth-order valence-corrected chi connectivity index (χ4v) is 4.52. The van der Waals surface area contributed by atoms with E-state index < -0.39 is 23.5 Å². The van der Waals surface area contributed by atoms with E-state index in [0.717, 1.165) is 25.0 Å². The lowest BCUT2D eigenvalue weighted by Crippen LogP contribution is -2.39. The van der Waals surface area contributed by atoms with Crippen molar-refractivity contribution in [3.63, 3.8) is 0 Å². The lowest BCUT2D eigenvalue weighted by Gasteiger charge is -2.29. The number of morpholine rings is 1. The average molecular weight is 447 g/mol. The second kappa shape index (κ2) is 9.17. The number of para-hydroxylation sites is 1. The van der Waals surface area contributed by atoms with Crippen LogP contribution in [0, 0.1) is 0 Å². The van der Waals surface area contributed by atoms with Gasteiger partial charge in [0.15, 0.2) is 11.5 Å². The number of rotatable bonds is 7. The number of aliphatic hydroxyl groups is 1. The molecule has 3 aromatic rings. The lowest BCUT2D eigenvalue weighted by atomic mass is 9.96. The van der Waals surface area contributed by atoms with Crippen molar-refractivity contribution in [3.8, 4) is 0 Å². The molecule has 0 bridgehead atoms. The molecule has 5 rings (SSSR count). The second-order valence-electron chi connectivity index (χ2n) is 8.23. The highest BCUT2D eigenvalue weighted by Crippen LogP contribution is 2.39. The van der Waals surface area contributed by atoms with Gasteiger partial charge >= 0.3 is 0 Å². The minimum Gasteiger partial charge on any atom is -0.503 e. The number of aromatic nitrogens is 1. The molecule has 4 heterocycles. The third kappa shape index (κ3) is 4.15. The highest BCUT2D eigenvalue weighted by molar-refractivity contribution is 6.15. The van der Waals surface area contributed by atoms with Crippen LogP contribution in [0.25, 0.3) is 11.0 Å². The normalized spacial score (nSPS) is 19.6. The Morgan fingerprint density at radius 1 is 1.12 bits per heavy atom. The molecule has 1 atom stereocenters. The van der Waals surface area contributed by atoms with E-state index >= 15 is 0 Å². The smallest absolute Gasteiger partial charge is 0.290 e. The van der Waals surface area contributed by atoms with E-state index in [0.29, 0.717) is 37.3 Å². The SMILES string of the molecule is O=C(C1=C(O)C(=O)N(CCCN2CCOCC2)[C@H]1c1cccnc1)c1cc2ccccc2o1. The first-order chi connectivity index (χ1) is 16.1. The van der Waals surface area contributed by atoms with Gasteiger partial charge in [-0.25, -0.2) is 0 Å². The Morgan fingerprint density at radius 3 is 2.70 bits per heavy atom. The van der Waals surface area contributed by atoms with Crippen LogP contribution in [-0.4, -0.2) is 71.0 Å². The summed E-state index contributed by atoms with van der Waals surface area (Å²) in [5.41, 5.74) is 1.27. The summed E-state index contributed by atoms with van der Waals surface area (Å²) in [5.74, 6) is -1.48. The van der Waals surface area contributed by atoms with E-state index in [4.69, 9.17) is 9.15 Å². The summed E-state index contributed by atoms with van der Waals surface area (Å²) in [4.78, 5) is 34.6. The molecule has 2 aromatic heterocycles. The van der Waals surface area contributed by atoms with Crippen LogP contribution in [0.3, 0.4) is 0 Å². The Labute approximate surface area is 191 Å². The molecule has 1 N–H and O–H groups in total. The number of carbonyl (C=O) groups is 2. The number of nitrogens with zero attached hydrogens (tertiary/aromatic N) is 3. The van der Waals surface area contributed by atoms with Gasteiger partial charge in [-0.1, -0.05) is 24.3 Å². The van der Waals surface area contributed by atoms with Gasteiger partial charge in [0.2, 0.25) is 5.78 Å². The maximum Gasteiger partial charge on any atom is 0.290 e. The highest BCUT2D eigenvalue weighted by atomic mass is 16.5. The molecular weight excluding hydrogens is 422 g/mol. The number of ketones is 1. The van der Waals surface area contributed by atoms with Gasteiger partial charge in [0.1, 0.15) is 5.58 Å². The molecule has 0 saturated carbocycles. The number of pyridine rings is 1. The predicted molar refractivity (Wildman–Crippen MR) is 121 cm³/mol. The molecule has 8 nitrogen and oxygen atoms in total. The topological polar surface area (TPSA) is 96.1 Å². The van der Waals surface area contributed by atoms with Gasteiger partial charge in [0, 0.05) is 44.0 Å². The van der Waals surface area contributed by atoms with Gasteiger partial charge in [-0.15, -0.1) is 0 Å². The zero-order valence-corrected chi connectivity index (χ0v) is 18.1. The molecule has 0 spiro atoms. The molecule has 0 unspecified atom stereocenters. The first kappa shape index (κ1) is 21.4. The summed E-state index contributed by atoms with van der Waals surface area (Å²) in [7, 11) is 0. The summed E-state index contributed by atoms with van der Waals surface area (Å²) < 4.78 is 11.1. The van der Waals surface area contributed by atoms with Crippen molar-refractivity contribution in [3.05, 3.63) is 77.5 Å². The molecule has 8 heteroatoms. The molecule has 1 aromatic carbocycles. The standard InChI is InChI=1S/C25H25N3O5/c29-23(20-15-17-5-1-2-7-19(17)33-20)21-22(18-6-3-8-26-16-18)28(25(31)24(21)30)10-4-9-27-11-13-32-14-12-27/h1-3,5-8,15-16,22,30H,4,9-14H2/t22-/m0/s1. The number of benzene rings is 1. The number of hydrogen-bond acceptors (Lipinski definition) is 7. The second-order valence-corrected chi connectivity index (χ2v) is 8.23. The molecule has 170 valence electrons. The Balaban J connectivity index is 1.43. The monoisotopic (exact) mass is 447 g/mol. The number of furan rings is 1. The lowest BCUT2D eigenvalue weighted by molar-refractivity contribution is -0.129. The Kier molecular flexibility index (Phi) is 5.93. The van der Waals surface area contributed by atoms with E-state index in [1.54, 1.807) is 35.5 Å². The predicted octanol–water partition coefficient (Wildman–Crippen LogP) is 3.13. The maximum atomic E-state index is 13.5. The third-order valence-electron chi connectivity index (χ3n) is 6.17. The Hall–Kier alpha value is -3.49. The van der Waals surface area contributed by atoms with Gasteiger partial charge < -0.3 is 19.2 Å². The van der Waals surface area contributed by atoms with E-state index in [1.807, 2.05) is 24.3 Å². The van der Waals surface area contributed by atoms with Crippen LogP contribution in [0.5, 0.6) is 0 Å². The van der Waals surface area contributed by atoms with Crippen LogP contribution in [0.2, 0.25) is 0 Å². The van der Waals surface area contributed by atoms with Gasteiger partial charge in [-0.2, -0.15) is 0 Å². The summed E-state index contributed by atoms with van der Waals surface area (Å²) in [6.45, 7) is 4.34. The number of Topliss-reactive ketones (excluding diaryl/α,β-unsaturated/α-hetero) is 1. The van der Waals surface area contributed by atoms with Gasteiger partial charge in [-0.3, -0.25) is 19.5 Å². The van der Waals surface area contributed by atoms with Gasteiger partial charge in [0.25, 0.3) is 5.91 Å². The van der Waals surface area contributed by atoms with E-state index in [1.165, 1.54) is 0 Å². The quantitative estimate of drug-likeness (QED) is 0.556. The van der Waals surface area contributed by atoms with Crippen molar-refractivity contribution in [2.45, 2.75) is 12.5 Å². The number of aliphatic hydroxyl groups excluding tert-OH is 1. The van der Waals surface area contributed by atoms with Crippen LogP contribution in [-0.2, 0) is 9.53 Å². The molecule has 2 aliphatic rings. The van der Waals surface area contributed by atoms with Gasteiger partial charge in [-0.05, 0) is 30.2 Å². The molecule has 0 aliphatic carbocycles. The van der Waals surface area contributed by atoms with Crippen molar-refractivity contribution in [1.82, 2.24) is 14.8 Å². The summed E-state index contributed by atoms with van der Waals surface area (Å²) in [6, 6.07) is 11.8. The van der Waals surface area contributed by atoms with E-state index in [2.05, 4.69) is 9.88 Å². The van der Waals surface area contributed by atoms with Crippen LogP contribution < -0.4 is 0 Å². The summed E-state index contributed by atoms with van der Waals surface area (Å²) in [6.07, 6.45) is 3.96. The molecule has 0 radical (unpaired) electrons. The zero-order chi connectivity index (χ0) is 22.8. The molecule has 1 amide bonds. The van der Waals surface area contributed by atoms with E-state index in [-0.39, 0.29) is 11.3 Å². The maximum absolute atomic E-state index is 13.5. The number of amides is 1. The summed E-state index contributed by atoms with van der Waals surface area (Å²) in [5, 5.41) is 11.6. The number of carbonyl (C=O) groups excluding carboxylic acids is 2. The fraction of sp³-hybridized carbons (Fsp3) is 0.320. The summed E-state index contributed by atoms with van der Waals surface area (Å²) >= 11 is 0. The van der Waals surface area contributed by atoms with Crippen LogP contribution >= 0.6 is 0 Å². The molecule has 2 aliphatic heterocycles.